The van der Waals surface area contributed by atoms with Crippen molar-refractivity contribution in [3.63, 3.8) is 0 Å². The van der Waals surface area contributed by atoms with E-state index in [1.807, 2.05) is 6.07 Å². The molecule has 0 aliphatic carbocycles. The number of carbonyl (C=O) groups is 2. The lowest BCUT2D eigenvalue weighted by Gasteiger charge is -2.20. The highest BCUT2D eigenvalue weighted by Gasteiger charge is 2.29. The number of sulfonamides is 1. The fourth-order valence-electron chi connectivity index (χ4n) is 3.07. The second-order valence-corrected chi connectivity index (χ2v) is 9.51. The molecule has 9 heteroatoms. The number of benzene rings is 3. The van der Waals surface area contributed by atoms with E-state index in [4.69, 9.17) is 23.2 Å². The summed E-state index contributed by atoms with van der Waals surface area (Å²) in [4.78, 5) is 24.4. The average Bonchev–Trinajstić information content (AvgIpc) is 2.73. The number of hydrogen-bond acceptors (Lipinski definition) is 4. The van der Waals surface area contributed by atoms with Crippen LogP contribution in [0, 0.1) is 0 Å². The molecule has 6 nitrogen and oxygen atoms in total. The zero-order chi connectivity index (χ0) is 23.3. The van der Waals surface area contributed by atoms with E-state index in [0.29, 0.717) is 11.3 Å². The fourth-order valence-corrected chi connectivity index (χ4v) is 5.41. The summed E-state index contributed by atoms with van der Waals surface area (Å²) in [6.07, 6.45) is 0.0837. The van der Waals surface area contributed by atoms with E-state index in [1.165, 1.54) is 31.2 Å². The molecule has 3 rings (SSSR count). The van der Waals surface area contributed by atoms with Crippen LogP contribution >= 0.6 is 23.2 Å². The first kappa shape index (κ1) is 23.9. The molecule has 0 aliphatic heterocycles. The minimum absolute atomic E-state index is 0.0574. The van der Waals surface area contributed by atoms with Crippen molar-refractivity contribution in [1.29, 1.82) is 0 Å². The molecule has 0 bridgehead atoms. The molecule has 1 atom stereocenters. The van der Waals surface area contributed by atoms with Gasteiger partial charge >= 0.3 is 0 Å². The lowest BCUT2D eigenvalue weighted by Crippen LogP contribution is -2.45. The monoisotopic (exact) mass is 490 g/mol. The molecule has 0 radical (unpaired) electrons. The molecule has 0 unspecified atom stereocenters. The Kier molecular flexibility index (Phi) is 7.69. The number of ketones is 1. The third-order valence-corrected chi connectivity index (χ3v) is 7.05. The minimum Gasteiger partial charge on any atom is -0.325 e. The van der Waals surface area contributed by atoms with Gasteiger partial charge in [0.1, 0.15) is 10.9 Å². The van der Waals surface area contributed by atoms with E-state index in [1.54, 1.807) is 42.5 Å². The van der Waals surface area contributed by atoms with Crippen LogP contribution in [0.25, 0.3) is 0 Å². The number of hydrogen-bond donors (Lipinski definition) is 2. The molecule has 3 aromatic rings. The van der Waals surface area contributed by atoms with Gasteiger partial charge in [0.25, 0.3) is 0 Å². The molecule has 3 aromatic carbocycles. The molecule has 0 spiro atoms. The van der Waals surface area contributed by atoms with Gasteiger partial charge in [-0.1, -0.05) is 71.7 Å². The van der Waals surface area contributed by atoms with Crippen molar-refractivity contribution >= 4 is 50.6 Å². The van der Waals surface area contributed by atoms with Crippen molar-refractivity contribution in [1.82, 2.24) is 4.72 Å². The van der Waals surface area contributed by atoms with Crippen LogP contribution in [0.3, 0.4) is 0 Å². The summed E-state index contributed by atoms with van der Waals surface area (Å²) in [7, 11) is -4.23. The molecule has 0 fully saturated rings. The van der Waals surface area contributed by atoms with Crippen LogP contribution in [-0.2, 0) is 21.2 Å². The Hall–Kier alpha value is -2.71. The summed E-state index contributed by atoms with van der Waals surface area (Å²) in [6.45, 7) is 1.42. The van der Waals surface area contributed by atoms with Gasteiger partial charge in [0.2, 0.25) is 15.9 Å². The molecular formula is C23H20Cl2N2O4S. The van der Waals surface area contributed by atoms with E-state index < -0.39 is 22.0 Å². The van der Waals surface area contributed by atoms with Gasteiger partial charge in [0.05, 0.1) is 10.0 Å². The Morgan fingerprint density at radius 1 is 0.906 bits per heavy atom. The highest BCUT2D eigenvalue weighted by Crippen LogP contribution is 2.29. The van der Waals surface area contributed by atoms with Crippen molar-refractivity contribution in [3.05, 3.63) is 94.0 Å². The first-order chi connectivity index (χ1) is 15.2. The fraction of sp³-hybridized carbons (Fsp3) is 0.130. The Labute approximate surface area is 196 Å². The molecule has 0 aromatic heterocycles. The predicted molar refractivity (Wildman–Crippen MR) is 126 cm³/mol. The summed E-state index contributed by atoms with van der Waals surface area (Å²) in [5.41, 5.74) is 1.54. The highest BCUT2D eigenvalue weighted by molar-refractivity contribution is 7.89. The molecule has 32 heavy (non-hydrogen) atoms. The average molecular weight is 491 g/mol. The van der Waals surface area contributed by atoms with Gasteiger partial charge in [0.15, 0.2) is 5.78 Å². The standard InChI is InChI=1S/C23H20Cl2N2O4S/c1-15(28)17-9-5-10-18(14-17)26-23(29)21(13-16-7-3-2-4-8-16)27-32(30,31)22-19(24)11-6-12-20(22)25/h2-12,14,21,27H,13H2,1H3,(H,26,29)/t21-/m0/s1. The number of rotatable bonds is 8. The van der Waals surface area contributed by atoms with Gasteiger partial charge < -0.3 is 5.32 Å². The maximum Gasteiger partial charge on any atom is 0.244 e. The second-order valence-electron chi connectivity index (χ2n) is 7.04. The van der Waals surface area contributed by atoms with E-state index in [0.717, 1.165) is 5.56 Å². The van der Waals surface area contributed by atoms with Crippen LogP contribution in [0.2, 0.25) is 10.0 Å². The van der Waals surface area contributed by atoms with Crippen molar-refractivity contribution in [2.75, 3.05) is 5.32 Å². The zero-order valence-corrected chi connectivity index (χ0v) is 19.3. The van der Waals surface area contributed by atoms with Gasteiger partial charge in [-0.15, -0.1) is 0 Å². The summed E-state index contributed by atoms with van der Waals surface area (Å²) in [6, 6.07) is 18.5. The van der Waals surface area contributed by atoms with Gasteiger partial charge in [-0.2, -0.15) is 4.72 Å². The molecule has 0 saturated heterocycles. The van der Waals surface area contributed by atoms with Gasteiger partial charge in [-0.25, -0.2) is 8.42 Å². The molecule has 0 aliphatic rings. The van der Waals surface area contributed by atoms with E-state index >= 15 is 0 Å². The zero-order valence-electron chi connectivity index (χ0n) is 17.0. The number of Topliss-reactive ketones (excluding diaryl/α,β-unsaturated/α-hetero) is 1. The lowest BCUT2D eigenvalue weighted by atomic mass is 10.1. The Morgan fingerprint density at radius 2 is 1.53 bits per heavy atom. The Morgan fingerprint density at radius 3 is 2.16 bits per heavy atom. The van der Waals surface area contributed by atoms with Crippen LogP contribution in [0.4, 0.5) is 5.69 Å². The van der Waals surface area contributed by atoms with Gasteiger partial charge in [-0.05, 0) is 43.2 Å². The lowest BCUT2D eigenvalue weighted by molar-refractivity contribution is -0.117. The van der Waals surface area contributed by atoms with E-state index in [9.17, 15) is 18.0 Å². The van der Waals surface area contributed by atoms with Gasteiger partial charge in [-0.3, -0.25) is 9.59 Å². The first-order valence-electron chi connectivity index (χ1n) is 9.59. The van der Waals surface area contributed by atoms with Crippen LogP contribution in [-0.4, -0.2) is 26.2 Å². The third kappa shape index (κ3) is 5.95. The molecular weight excluding hydrogens is 471 g/mol. The number of halogens is 2. The topological polar surface area (TPSA) is 92.3 Å². The van der Waals surface area contributed by atoms with Crippen LogP contribution < -0.4 is 10.0 Å². The summed E-state index contributed by atoms with van der Waals surface area (Å²) in [5.74, 6) is -0.752. The molecule has 166 valence electrons. The maximum atomic E-state index is 13.1. The molecule has 1 amide bonds. The highest BCUT2D eigenvalue weighted by atomic mass is 35.5. The number of carbonyl (C=O) groups excluding carboxylic acids is 2. The molecule has 0 saturated carbocycles. The van der Waals surface area contributed by atoms with Crippen LogP contribution in [0.1, 0.15) is 22.8 Å². The Balaban J connectivity index is 1.92. The summed E-state index contributed by atoms with van der Waals surface area (Å²) >= 11 is 12.2. The van der Waals surface area contributed by atoms with Crippen molar-refractivity contribution in [3.8, 4) is 0 Å². The largest absolute Gasteiger partial charge is 0.325 e. The smallest absolute Gasteiger partial charge is 0.244 e. The molecule has 2 N–H and O–H groups in total. The van der Waals surface area contributed by atoms with E-state index in [-0.39, 0.29) is 27.1 Å². The number of amides is 1. The number of anilines is 1. The van der Waals surface area contributed by atoms with Gasteiger partial charge in [0, 0.05) is 11.3 Å². The normalized spacial score (nSPS) is 12.2. The SMILES string of the molecule is CC(=O)c1cccc(NC(=O)[C@H](Cc2ccccc2)NS(=O)(=O)c2c(Cl)cccc2Cl)c1. The van der Waals surface area contributed by atoms with Crippen LogP contribution in [0.5, 0.6) is 0 Å². The molecule has 0 heterocycles. The van der Waals surface area contributed by atoms with Crippen LogP contribution in [0.15, 0.2) is 77.7 Å². The number of nitrogens with one attached hydrogen (secondary N) is 2. The minimum atomic E-state index is -4.23. The second kappa shape index (κ2) is 10.3. The summed E-state index contributed by atoms with van der Waals surface area (Å²) in [5, 5.41) is 2.56. The third-order valence-electron chi connectivity index (χ3n) is 4.62. The Bertz CT molecular complexity index is 1230. The van der Waals surface area contributed by atoms with E-state index in [2.05, 4.69) is 10.0 Å². The van der Waals surface area contributed by atoms with Crippen molar-refractivity contribution in [2.45, 2.75) is 24.3 Å². The maximum absolute atomic E-state index is 13.1. The quantitative estimate of drug-likeness (QED) is 0.446. The first-order valence-corrected chi connectivity index (χ1v) is 11.8. The summed E-state index contributed by atoms with van der Waals surface area (Å²) < 4.78 is 28.6. The van der Waals surface area contributed by atoms with Crippen molar-refractivity contribution in [2.24, 2.45) is 0 Å². The predicted octanol–water partition coefficient (Wildman–Crippen LogP) is 4.72. The van der Waals surface area contributed by atoms with Crippen molar-refractivity contribution < 1.29 is 18.0 Å².